The van der Waals surface area contributed by atoms with Gasteiger partial charge in [-0.25, -0.2) is 5.53 Å². The van der Waals surface area contributed by atoms with E-state index in [0.29, 0.717) is 13.1 Å². The molecule has 0 aliphatic carbocycles. The Hall–Kier alpha value is -1.40. The first-order valence-electron chi connectivity index (χ1n) is 5.66. The third-order valence-electron chi connectivity index (χ3n) is 3.23. The van der Waals surface area contributed by atoms with Crippen molar-refractivity contribution in [3.8, 4) is 0 Å². The van der Waals surface area contributed by atoms with Gasteiger partial charge in [-0.15, -0.1) is 0 Å². The Labute approximate surface area is 100 Å². The van der Waals surface area contributed by atoms with Gasteiger partial charge in [0, 0.05) is 18.3 Å². The number of hydrogen-bond acceptors (Lipinski definition) is 6. The van der Waals surface area contributed by atoms with Gasteiger partial charge in [0.15, 0.2) is 0 Å². The zero-order valence-corrected chi connectivity index (χ0v) is 9.89. The van der Waals surface area contributed by atoms with E-state index in [1.165, 1.54) is 0 Å². The molecule has 94 valence electrons. The molecule has 1 fully saturated rings. The Bertz CT molecular complexity index is 355. The molecule has 3 N–H and O–H groups in total. The lowest BCUT2D eigenvalue weighted by atomic mass is 10.1. The van der Waals surface area contributed by atoms with Gasteiger partial charge in [-0.05, 0) is 12.5 Å². The molecule has 1 saturated heterocycles. The standard InChI is InChI=1S/C11H18N4O2/c1-7-4-15(6-13-8(7)2)11-3-9(14-12)10(5-16)17-11/h4,9-13,16H,2-3,5-6H2,1H3. The number of nitrogens with one attached hydrogen (secondary N) is 2. The Kier molecular flexibility index (Phi) is 3.44. The zero-order chi connectivity index (χ0) is 12.4. The molecule has 0 amide bonds. The Balaban J connectivity index is 2.05. The first kappa shape index (κ1) is 12.1. The minimum absolute atomic E-state index is 0.0970. The van der Waals surface area contributed by atoms with Gasteiger partial charge in [0.25, 0.3) is 0 Å². The average Bonchev–Trinajstić information content (AvgIpc) is 2.75. The molecule has 3 atom stereocenters. The summed E-state index contributed by atoms with van der Waals surface area (Å²) in [5, 5.41) is 15.8. The predicted molar refractivity (Wildman–Crippen MR) is 62.0 cm³/mol. The van der Waals surface area contributed by atoms with Gasteiger partial charge in [0.05, 0.1) is 13.3 Å². The summed E-state index contributed by atoms with van der Waals surface area (Å²) in [6, 6.07) is -0.246. The second kappa shape index (κ2) is 4.85. The van der Waals surface area contributed by atoms with E-state index in [1.54, 1.807) is 0 Å². The lowest BCUT2D eigenvalue weighted by Gasteiger charge is -2.32. The highest BCUT2D eigenvalue weighted by atomic mass is 16.5. The van der Waals surface area contributed by atoms with Gasteiger partial charge in [0.2, 0.25) is 0 Å². The first-order valence-corrected chi connectivity index (χ1v) is 5.66. The molecular formula is C11H18N4O2. The fraction of sp³-hybridized carbons (Fsp3) is 0.636. The highest BCUT2D eigenvalue weighted by molar-refractivity contribution is 5.26. The molecule has 0 aromatic rings. The lowest BCUT2D eigenvalue weighted by Crippen LogP contribution is -2.41. The molecule has 2 aliphatic heterocycles. The molecule has 2 aliphatic rings. The van der Waals surface area contributed by atoms with E-state index in [-0.39, 0.29) is 25.0 Å². The van der Waals surface area contributed by atoms with Gasteiger partial charge in [-0.1, -0.05) is 6.58 Å². The number of rotatable bonds is 3. The minimum atomic E-state index is -0.365. The molecule has 0 aromatic carbocycles. The zero-order valence-electron chi connectivity index (χ0n) is 9.89. The summed E-state index contributed by atoms with van der Waals surface area (Å²) in [5.41, 5.74) is 9.06. The largest absolute Gasteiger partial charge is 0.394 e. The predicted octanol–water partition coefficient (Wildman–Crippen LogP) is 0.773. The molecule has 6 heteroatoms. The van der Waals surface area contributed by atoms with E-state index in [9.17, 15) is 0 Å². The van der Waals surface area contributed by atoms with Crippen LogP contribution < -0.4 is 5.32 Å². The van der Waals surface area contributed by atoms with Crippen LogP contribution in [0.2, 0.25) is 0 Å². The van der Waals surface area contributed by atoms with Crippen LogP contribution in [0.25, 0.3) is 0 Å². The summed E-state index contributed by atoms with van der Waals surface area (Å²) in [6.07, 6.45) is 2.12. The molecule has 6 nitrogen and oxygen atoms in total. The van der Waals surface area contributed by atoms with Crippen LogP contribution in [0.3, 0.4) is 0 Å². The summed E-state index contributed by atoms with van der Waals surface area (Å²) in [7, 11) is 0. The summed E-state index contributed by atoms with van der Waals surface area (Å²) in [6.45, 7) is 6.39. The Morgan fingerprint density at radius 2 is 2.53 bits per heavy atom. The van der Waals surface area contributed by atoms with Gasteiger partial charge in [0.1, 0.15) is 18.4 Å². The quantitative estimate of drug-likeness (QED) is 0.634. The van der Waals surface area contributed by atoms with Crippen molar-refractivity contribution in [3.05, 3.63) is 24.0 Å². The van der Waals surface area contributed by atoms with Crippen molar-refractivity contribution in [3.63, 3.8) is 0 Å². The molecule has 0 spiro atoms. The van der Waals surface area contributed by atoms with Gasteiger partial charge in [-0.2, -0.15) is 5.11 Å². The van der Waals surface area contributed by atoms with Crippen molar-refractivity contribution < 1.29 is 9.84 Å². The average molecular weight is 238 g/mol. The molecule has 2 heterocycles. The lowest BCUT2D eigenvalue weighted by molar-refractivity contribution is -0.0547. The van der Waals surface area contributed by atoms with Crippen LogP contribution in [0.4, 0.5) is 0 Å². The topological polar surface area (TPSA) is 80.9 Å². The smallest absolute Gasteiger partial charge is 0.133 e. The number of nitrogens with zero attached hydrogens (tertiary/aromatic N) is 2. The van der Waals surface area contributed by atoms with Crippen LogP contribution in [0.5, 0.6) is 0 Å². The highest BCUT2D eigenvalue weighted by Gasteiger charge is 2.37. The van der Waals surface area contributed by atoms with E-state index in [1.807, 2.05) is 18.0 Å². The van der Waals surface area contributed by atoms with Crippen molar-refractivity contribution in [2.45, 2.75) is 31.7 Å². The number of aliphatic hydroxyl groups excluding tert-OH is 1. The molecule has 0 bridgehead atoms. The third kappa shape index (κ3) is 2.32. The summed E-state index contributed by atoms with van der Waals surface area (Å²) < 4.78 is 5.69. The second-order valence-corrected chi connectivity index (χ2v) is 4.38. The van der Waals surface area contributed by atoms with E-state index in [0.717, 1.165) is 11.3 Å². The van der Waals surface area contributed by atoms with Gasteiger partial charge in [-0.3, -0.25) is 0 Å². The van der Waals surface area contributed by atoms with Crippen molar-refractivity contribution in [1.29, 1.82) is 5.53 Å². The van der Waals surface area contributed by atoms with Crippen LogP contribution in [-0.2, 0) is 4.74 Å². The SMILES string of the molecule is C=C1NCN(C2CC(N=N)C(CO)O2)C=C1C. The van der Waals surface area contributed by atoms with Crippen LogP contribution in [0.1, 0.15) is 13.3 Å². The Morgan fingerprint density at radius 3 is 3.06 bits per heavy atom. The van der Waals surface area contributed by atoms with E-state index >= 15 is 0 Å². The molecule has 0 aromatic heterocycles. The maximum atomic E-state index is 9.15. The van der Waals surface area contributed by atoms with Crippen molar-refractivity contribution >= 4 is 0 Å². The monoisotopic (exact) mass is 238 g/mol. The summed E-state index contributed by atoms with van der Waals surface area (Å²) in [4.78, 5) is 2.01. The summed E-state index contributed by atoms with van der Waals surface area (Å²) >= 11 is 0. The maximum absolute atomic E-state index is 9.15. The van der Waals surface area contributed by atoms with Crippen LogP contribution in [0.15, 0.2) is 29.2 Å². The minimum Gasteiger partial charge on any atom is -0.394 e. The molecule has 2 rings (SSSR count). The highest BCUT2D eigenvalue weighted by Crippen LogP contribution is 2.27. The van der Waals surface area contributed by atoms with Gasteiger partial charge < -0.3 is 20.1 Å². The molecule has 0 radical (unpaired) electrons. The summed E-state index contributed by atoms with van der Waals surface area (Å²) in [5.74, 6) is 0. The number of allylic oxidation sites excluding steroid dienone is 1. The van der Waals surface area contributed by atoms with Crippen LogP contribution >= 0.6 is 0 Å². The second-order valence-electron chi connectivity index (χ2n) is 4.38. The van der Waals surface area contributed by atoms with Crippen molar-refractivity contribution in [2.75, 3.05) is 13.3 Å². The number of ether oxygens (including phenoxy) is 1. The maximum Gasteiger partial charge on any atom is 0.133 e. The first-order chi connectivity index (χ1) is 8.15. The molecule has 0 saturated carbocycles. The van der Waals surface area contributed by atoms with E-state index < -0.39 is 0 Å². The molecular weight excluding hydrogens is 220 g/mol. The normalized spacial score (nSPS) is 33.3. The van der Waals surface area contributed by atoms with Crippen LogP contribution in [-0.4, -0.2) is 41.7 Å². The van der Waals surface area contributed by atoms with E-state index in [4.69, 9.17) is 15.4 Å². The molecule has 17 heavy (non-hydrogen) atoms. The molecule has 3 unspecified atom stereocenters. The number of hydrogen-bond donors (Lipinski definition) is 3. The van der Waals surface area contributed by atoms with Gasteiger partial charge >= 0.3 is 0 Å². The third-order valence-corrected chi connectivity index (χ3v) is 3.23. The van der Waals surface area contributed by atoms with E-state index in [2.05, 4.69) is 17.0 Å². The Morgan fingerprint density at radius 1 is 1.76 bits per heavy atom. The fourth-order valence-electron chi connectivity index (χ4n) is 2.10. The van der Waals surface area contributed by atoms with Crippen LogP contribution in [0, 0.1) is 5.53 Å². The number of aliphatic hydroxyl groups is 1. The van der Waals surface area contributed by atoms with Crippen molar-refractivity contribution in [1.82, 2.24) is 10.2 Å². The fourth-order valence-corrected chi connectivity index (χ4v) is 2.10. The van der Waals surface area contributed by atoms with Crippen molar-refractivity contribution in [2.24, 2.45) is 5.11 Å².